The lowest BCUT2D eigenvalue weighted by Gasteiger charge is -2.30. The van der Waals surface area contributed by atoms with Gasteiger partial charge < -0.3 is 10.2 Å². The minimum atomic E-state index is 0.329. The maximum Gasteiger partial charge on any atom is 0.137 e. The number of anilines is 2. The van der Waals surface area contributed by atoms with Gasteiger partial charge in [-0.25, -0.2) is 9.97 Å². The number of nitrogens with one attached hydrogen (secondary N) is 1. The van der Waals surface area contributed by atoms with E-state index in [0.29, 0.717) is 12.0 Å². The fourth-order valence-corrected chi connectivity index (χ4v) is 3.18. The first kappa shape index (κ1) is 18.1. The first-order chi connectivity index (χ1) is 9.96. The Labute approximate surface area is 134 Å². The average Bonchev–Trinajstić information content (AvgIpc) is 2.46. The zero-order valence-electron chi connectivity index (χ0n) is 14.5. The van der Waals surface area contributed by atoms with Crippen molar-refractivity contribution in [3.63, 3.8) is 0 Å². The Hall–Kier alpha value is -0.970. The van der Waals surface area contributed by atoms with Crippen LogP contribution in [0.15, 0.2) is 0 Å². The molecule has 0 aliphatic rings. The second-order valence-corrected chi connectivity index (χ2v) is 6.60. The summed E-state index contributed by atoms with van der Waals surface area (Å²) in [4.78, 5) is 11.8. The van der Waals surface area contributed by atoms with Crippen molar-refractivity contribution in [2.45, 2.75) is 53.0 Å². The van der Waals surface area contributed by atoms with Crippen molar-refractivity contribution in [2.75, 3.05) is 35.8 Å². The molecule has 0 amide bonds. The molecule has 0 spiro atoms. The van der Waals surface area contributed by atoms with Crippen molar-refractivity contribution in [3.05, 3.63) is 11.4 Å². The largest absolute Gasteiger partial charge is 0.370 e. The van der Waals surface area contributed by atoms with Crippen LogP contribution in [-0.4, -0.2) is 41.6 Å². The molecule has 1 N–H and O–H groups in total. The van der Waals surface area contributed by atoms with Gasteiger partial charge in [0.1, 0.15) is 17.5 Å². The van der Waals surface area contributed by atoms with Crippen molar-refractivity contribution in [2.24, 2.45) is 0 Å². The van der Waals surface area contributed by atoms with Crippen LogP contribution in [0.1, 0.15) is 51.4 Å². The van der Waals surface area contributed by atoms with Crippen molar-refractivity contribution in [3.8, 4) is 0 Å². The van der Waals surface area contributed by atoms with Crippen LogP contribution >= 0.6 is 11.8 Å². The third-order valence-electron chi connectivity index (χ3n) is 3.71. The van der Waals surface area contributed by atoms with Crippen LogP contribution in [0.3, 0.4) is 0 Å². The highest BCUT2D eigenvalue weighted by molar-refractivity contribution is 7.98. The maximum atomic E-state index is 4.83. The molecule has 0 bridgehead atoms. The van der Waals surface area contributed by atoms with Crippen molar-refractivity contribution >= 4 is 23.4 Å². The number of rotatable bonds is 8. The molecule has 4 nitrogen and oxygen atoms in total. The molecule has 1 unspecified atom stereocenters. The normalized spacial score (nSPS) is 12.6. The van der Waals surface area contributed by atoms with Gasteiger partial charge in [0.25, 0.3) is 0 Å². The SMILES string of the molecule is CCNc1nc(C(C)C)nc(N(C)C(CC)CSC)c1C. The molecule has 0 aromatic carbocycles. The zero-order chi connectivity index (χ0) is 16.0. The molecular weight excluding hydrogens is 280 g/mol. The molecule has 0 aliphatic carbocycles. The Bertz CT molecular complexity index is 448. The molecule has 0 fully saturated rings. The zero-order valence-corrected chi connectivity index (χ0v) is 15.3. The van der Waals surface area contributed by atoms with E-state index in [1.807, 2.05) is 11.8 Å². The maximum absolute atomic E-state index is 4.83. The molecule has 21 heavy (non-hydrogen) atoms. The standard InChI is InChI=1S/C16H30N4S/c1-8-13(10-21-7)20(6)16-12(5)15(17-9-2)18-14(19-16)11(3)4/h11,13H,8-10H2,1-7H3,(H,17,18,19). The van der Waals surface area contributed by atoms with Gasteiger partial charge in [-0.05, 0) is 26.5 Å². The third kappa shape index (κ3) is 4.50. The quantitative estimate of drug-likeness (QED) is 0.788. The highest BCUT2D eigenvalue weighted by Crippen LogP contribution is 2.27. The first-order valence-electron chi connectivity index (χ1n) is 7.80. The van der Waals surface area contributed by atoms with Gasteiger partial charge in [-0.1, -0.05) is 20.8 Å². The van der Waals surface area contributed by atoms with Crippen LogP contribution in [0, 0.1) is 6.92 Å². The van der Waals surface area contributed by atoms with Gasteiger partial charge >= 0.3 is 0 Å². The fraction of sp³-hybridized carbons (Fsp3) is 0.750. The lowest BCUT2D eigenvalue weighted by molar-refractivity contribution is 0.656. The number of hydrogen-bond donors (Lipinski definition) is 1. The van der Waals surface area contributed by atoms with E-state index in [-0.39, 0.29) is 0 Å². The summed E-state index contributed by atoms with van der Waals surface area (Å²) in [6.45, 7) is 11.6. The lowest BCUT2D eigenvalue weighted by Crippen LogP contribution is -2.35. The van der Waals surface area contributed by atoms with Crippen molar-refractivity contribution in [1.82, 2.24) is 9.97 Å². The van der Waals surface area contributed by atoms with E-state index in [4.69, 9.17) is 4.98 Å². The summed E-state index contributed by atoms with van der Waals surface area (Å²) in [7, 11) is 2.15. The van der Waals surface area contributed by atoms with E-state index < -0.39 is 0 Å². The summed E-state index contributed by atoms with van der Waals surface area (Å²) in [5.41, 5.74) is 1.14. The first-order valence-corrected chi connectivity index (χ1v) is 9.19. The summed E-state index contributed by atoms with van der Waals surface area (Å²) in [5.74, 6) is 4.39. The molecule has 1 atom stereocenters. The topological polar surface area (TPSA) is 41.1 Å². The Morgan fingerprint density at radius 3 is 2.38 bits per heavy atom. The molecule has 120 valence electrons. The van der Waals surface area contributed by atoms with Crippen molar-refractivity contribution < 1.29 is 0 Å². The van der Waals surface area contributed by atoms with Gasteiger partial charge in [-0.2, -0.15) is 11.8 Å². The van der Waals surface area contributed by atoms with E-state index in [1.165, 1.54) is 0 Å². The molecule has 1 aromatic rings. The van der Waals surface area contributed by atoms with Crippen molar-refractivity contribution in [1.29, 1.82) is 0 Å². The van der Waals surface area contributed by atoms with Crippen LogP contribution < -0.4 is 10.2 Å². The second-order valence-electron chi connectivity index (χ2n) is 5.69. The van der Waals surface area contributed by atoms with E-state index in [0.717, 1.165) is 41.7 Å². The van der Waals surface area contributed by atoms with Gasteiger partial charge in [0.05, 0.1) is 0 Å². The number of hydrogen-bond acceptors (Lipinski definition) is 5. The van der Waals surface area contributed by atoms with E-state index in [9.17, 15) is 0 Å². The van der Waals surface area contributed by atoms with Gasteiger partial charge in [0, 0.05) is 36.9 Å². The van der Waals surface area contributed by atoms with Crippen LogP contribution in [0.25, 0.3) is 0 Å². The summed E-state index contributed by atoms with van der Waals surface area (Å²) >= 11 is 1.89. The van der Waals surface area contributed by atoms with Crippen LogP contribution in [0.2, 0.25) is 0 Å². The highest BCUT2D eigenvalue weighted by atomic mass is 32.2. The van der Waals surface area contributed by atoms with Gasteiger partial charge in [-0.15, -0.1) is 0 Å². The van der Waals surface area contributed by atoms with Gasteiger partial charge in [0.2, 0.25) is 0 Å². The summed E-state index contributed by atoms with van der Waals surface area (Å²) in [6.07, 6.45) is 3.28. The molecule has 0 saturated heterocycles. The predicted octanol–water partition coefficient (Wildman–Crippen LogP) is 3.92. The van der Waals surface area contributed by atoms with Crippen LogP contribution in [0.5, 0.6) is 0 Å². The van der Waals surface area contributed by atoms with E-state index in [1.54, 1.807) is 0 Å². The Morgan fingerprint density at radius 1 is 1.24 bits per heavy atom. The molecular formula is C16H30N4S. The molecule has 0 radical (unpaired) electrons. The molecule has 1 aromatic heterocycles. The van der Waals surface area contributed by atoms with Gasteiger partial charge in [-0.3, -0.25) is 0 Å². The molecule has 1 rings (SSSR count). The number of thioether (sulfide) groups is 1. The summed E-state index contributed by atoms with van der Waals surface area (Å²) < 4.78 is 0. The number of nitrogens with zero attached hydrogens (tertiary/aromatic N) is 3. The highest BCUT2D eigenvalue weighted by Gasteiger charge is 2.20. The number of aromatic nitrogens is 2. The lowest BCUT2D eigenvalue weighted by atomic mass is 10.1. The summed E-state index contributed by atoms with van der Waals surface area (Å²) in [5, 5.41) is 3.37. The van der Waals surface area contributed by atoms with Crippen LogP contribution in [-0.2, 0) is 0 Å². The summed E-state index contributed by atoms with van der Waals surface area (Å²) in [6, 6.07) is 0.503. The Balaban J connectivity index is 3.25. The van der Waals surface area contributed by atoms with Gasteiger partial charge in [0.15, 0.2) is 0 Å². The Kier molecular flexibility index (Phi) is 7.29. The monoisotopic (exact) mass is 310 g/mol. The Morgan fingerprint density at radius 2 is 1.90 bits per heavy atom. The molecule has 0 saturated carbocycles. The fourth-order valence-electron chi connectivity index (χ4n) is 2.33. The second kappa shape index (κ2) is 8.47. The molecule has 5 heteroatoms. The average molecular weight is 311 g/mol. The van der Waals surface area contributed by atoms with Crippen LogP contribution in [0.4, 0.5) is 11.6 Å². The van der Waals surface area contributed by atoms with E-state index in [2.05, 4.69) is 63.1 Å². The third-order valence-corrected chi connectivity index (χ3v) is 4.43. The smallest absolute Gasteiger partial charge is 0.137 e. The predicted molar refractivity (Wildman–Crippen MR) is 95.9 cm³/mol. The molecule has 1 heterocycles. The van der Waals surface area contributed by atoms with E-state index >= 15 is 0 Å². The minimum absolute atomic E-state index is 0.329. The molecule has 0 aliphatic heterocycles. The minimum Gasteiger partial charge on any atom is -0.370 e.